The molecule has 0 saturated carbocycles. The number of carbonyl (C=O) groups is 1. The van der Waals surface area contributed by atoms with Crippen molar-refractivity contribution < 1.29 is 13.6 Å². The number of nitrogens with one attached hydrogen (secondary N) is 1. The monoisotopic (exact) mass is 378 g/mol. The third kappa shape index (κ3) is 3.42. The number of nitrogens with two attached hydrogens (primary N) is 1. The molecule has 1 aromatic heterocycles. The lowest BCUT2D eigenvalue weighted by molar-refractivity contribution is 0.102. The molecule has 4 aromatic rings. The van der Waals surface area contributed by atoms with Crippen molar-refractivity contribution in [1.29, 1.82) is 0 Å². The largest absolute Gasteiger partial charge is 0.397 e. The summed E-state index contributed by atoms with van der Waals surface area (Å²) in [4.78, 5) is 12.5. The Morgan fingerprint density at radius 1 is 1.04 bits per heavy atom. The van der Waals surface area contributed by atoms with Crippen molar-refractivity contribution in [3.05, 3.63) is 89.6 Å². The van der Waals surface area contributed by atoms with Gasteiger partial charge in [-0.05, 0) is 48.0 Å². The number of para-hydroxylation sites is 2. The topological polar surface area (TPSA) is 72.9 Å². The van der Waals surface area contributed by atoms with Gasteiger partial charge in [-0.15, -0.1) is 0 Å². The Kier molecular flexibility index (Phi) is 4.49. The van der Waals surface area contributed by atoms with Gasteiger partial charge in [-0.2, -0.15) is 5.10 Å². The van der Waals surface area contributed by atoms with E-state index in [2.05, 4.69) is 10.4 Å². The van der Waals surface area contributed by atoms with Crippen LogP contribution in [0.25, 0.3) is 10.9 Å². The van der Waals surface area contributed by atoms with E-state index >= 15 is 0 Å². The van der Waals surface area contributed by atoms with E-state index in [9.17, 15) is 13.6 Å². The van der Waals surface area contributed by atoms with Crippen LogP contribution in [0.3, 0.4) is 0 Å². The van der Waals surface area contributed by atoms with E-state index in [4.69, 9.17) is 5.73 Å². The fourth-order valence-corrected chi connectivity index (χ4v) is 2.97. The number of nitrogen functional groups attached to an aromatic ring is 1. The fraction of sp³-hybridized carbons (Fsp3) is 0.0476. The highest BCUT2D eigenvalue weighted by Crippen LogP contribution is 2.21. The number of anilines is 2. The Bertz CT molecular complexity index is 1190. The van der Waals surface area contributed by atoms with E-state index in [-0.39, 0.29) is 12.5 Å². The highest BCUT2D eigenvalue weighted by molar-refractivity contribution is 6.07. The zero-order valence-corrected chi connectivity index (χ0v) is 14.7. The van der Waals surface area contributed by atoms with Gasteiger partial charge >= 0.3 is 0 Å². The molecular weight excluding hydrogens is 362 g/mol. The third-order valence-electron chi connectivity index (χ3n) is 4.43. The van der Waals surface area contributed by atoms with Crippen LogP contribution in [0.5, 0.6) is 0 Å². The van der Waals surface area contributed by atoms with Gasteiger partial charge in [0.25, 0.3) is 5.91 Å². The number of hydrogen-bond donors (Lipinski definition) is 2. The Morgan fingerprint density at radius 3 is 2.64 bits per heavy atom. The Hall–Kier alpha value is -3.74. The molecule has 0 aliphatic rings. The molecule has 0 aliphatic heterocycles. The number of aromatic nitrogens is 2. The van der Waals surface area contributed by atoms with Crippen LogP contribution in [0.2, 0.25) is 0 Å². The van der Waals surface area contributed by atoms with E-state index in [0.717, 1.165) is 23.0 Å². The summed E-state index contributed by atoms with van der Waals surface area (Å²) in [6.45, 7) is 0.285. The summed E-state index contributed by atoms with van der Waals surface area (Å²) in [5, 5.41) is 7.83. The number of carbonyl (C=O) groups excluding carboxylic acids is 1. The predicted octanol–water partition coefficient (Wildman–Crippen LogP) is 4.20. The van der Waals surface area contributed by atoms with Crippen molar-refractivity contribution in [2.45, 2.75) is 6.54 Å². The maximum absolute atomic E-state index is 13.4. The van der Waals surface area contributed by atoms with E-state index in [1.807, 2.05) is 0 Å². The molecule has 7 heteroatoms. The van der Waals surface area contributed by atoms with E-state index in [1.54, 1.807) is 53.3 Å². The minimum absolute atomic E-state index is 0.284. The molecule has 0 bridgehead atoms. The van der Waals surface area contributed by atoms with Crippen LogP contribution >= 0.6 is 0 Å². The summed E-state index contributed by atoms with van der Waals surface area (Å²) in [7, 11) is 0. The normalized spacial score (nSPS) is 10.9. The summed E-state index contributed by atoms with van der Waals surface area (Å²) < 4.78 is 28.2. The van der Waals surface area contributed by atoms with Crippen LogP contribution in [-0.2, 0) is 6.54 Å². The maximum Gasteiger partial charge on any atom is 0.255 e. The Balaban J connectivity index is 1.58. The van der Waals surface area contributed by atoms with E-state index < -0.39 is 11.6 Å². The summed E-state index contributed by atoms with van der Waals surface area (Å²) in [5.41, 5.74) is 8.71. The standard InChI is InChI=1S/C21H16F2N4O/c22-16-7-5-13(9-17(16)23)12-27-20-8-6-14(10-15(20)11-25-27)21(28)26-19-4-2-1-3-18(19)24/h1-11H,12,24H2,(H,26,28). The smallest absolute Gasteiger partial charge is 0.255 e. The Labute approximate surface area is 159 Å². The summed E-state index contributed by atoms with van der Waals surface area (Å²) >= 11 is 0. The molecular formula is C21H16F2N4O. The highest BCUT2D eigenvalue weighted by atomic mass is 19.2. The lowest BCUT2D eigenvalue weighted by Crippen LogP contribution is -2.13. The molecule has 0 atom stereocenters. The highest BCUT2D eigenvalue weighted by Gasteiger charge is 2.11. The van der Waals surface area contributed by atoms with Gasteiger partial charge in [0.2, 0.25) is 0 Å². The van der Waals surface area contributed by atoms with Gasteiger partial charge in [-0.1, -0.05) is 18.2 Å². The summed E-state index contributed by atoms with van der Waals surface area (Å²) in [5.74, 6) is -2.06. The van der Waals surface area contributed by atoms with Crippen molar-refractivity contribution in [3.8, 4) is 0 Å². The maximum atomic E-state index is 13.4. The third-order valence-corrected chi connectivity index (χ3v) is 4.43. The van der Waals surface area contributed by atoms with Crippen LogP contribution in [0, 0.1) is 11.6 Å². The van der Waals surface area contributed by atoms with Crippen LogP contribution in [-0.4, -0.2) is 15.7 Å². The molecule has 28 heavy (non-hydrogen) atoms. The first-order chi connectivity index (χ1) is 13.5. The van der Waals surface area contributed by atoms with Gasteiger partial charge < -0.3 is 11.1 Å². The van der Waals surface area contributed by atoms with Crippen LogP contribution in [0.4, 0.5) is 20.2 Å². The van der Waals surface area contributed by atoms with Gasteiger partial charge in [-0.25, -0.2) is 8.78 Å². The number of nitrogens with zero attached hydrogens (tertiary/aromatic N) is 2. The molecule has 140 valence electrons. The Morgan fingerprint density at radius 2 is 1.86 bits per heavy atom. The van der Waals surface area contributed by atoms with E-state index in [1.165, 1.54) is 6.07 Å². The SMILES string of the molecule is Nc1ccccc1NC(=O)c1ccc2c(cnn2Cc2ccc(F)c(F)c2)c1. The lowest BCUT2D eigenvalue weighted by Gasteiger charge is -2.08. The average molecular weight is 378 g/mol. The molecule has 0 spiro atoms. The number of rotatable bonds is 4. The fourth-order valence-electron chi connectivity index (χ4n) is 2.97. The second-order valence-corrected chi connectivity index (χ2v) is 6.37. The first kappa shape index (κ1) is 17.7. The van der Waals surface area contributed by atoms with E-state index in [0.29, 0.717) is 22.5 Å². The molecule has 1 heterocycles. The second-order valence-electron chi connectivity index (χ2n) is 6.37. The van der Waals surface area contributed by atoms with Crippen LogP contribution in [0.1, 0.15) is 15.9 Å². The number of hydrogen-bond acceptors (Lipinski definition) is 3. The molecule has 0 unspecified atom stereocenters. The summed E-state index contributed by atoms with van der Waals surface area (Å²) in [6, 6.07) is 15.9. The minimum atomic E-state index is -0.895. The molecule has 0 fully saturated rings. The molecule has 0 saturated heterocycles. The molecule has 0 aliphatic carbocycles. The van der Waals surface area contributed by atoms with Crippen molar-refractivity contribution in [2.24, 2.45) is 0 Å². The van der Waals surface area contributed by atoms with Gasteiger partial charge in [-0.3, -0.25) is 9.48 Å². The van der Waals surface area contributed by atoms with Crippen molar-refractivity contribution >= 4 is 28.2 Å². The molecule has 3 aromatic carbocycles. The minimum Gasteiger partial charge on any atom is -0.397 e. The molecule has 3 N–H and O–H groups in total. The van der Waals surface area contributed by atoms with Crippen LogP contribution < -0.4 is 11.1 Å². The van der Waals surface area contributed by atoms with Gasteiger partial charge in [0, 0.05) is 10.9 Å². The van der Waals surface area contributed by atoms with Crippen molar-refractivity contribution in [3.63, 3.8) is 0 Å². The zero-order chi connectivity index (χ0) is 19.7. The zero-order valence-electron chi connectivity index (χ0n) is 14.7. The van der Waals surface area contributed by atoms with Crippen LogP contribution in [0.15, 0.2) is 66.9 Å². The van der Waals surface area contributed by atoms with Gasteiger partial charge in [0.15, 0.2) is 11.6 Å². The number of benzene rings is 3. The molecule has 1 amide bonds. The molecule has 0 radical (unpaired) electrons. The first-order valence-electron chi connectivity index (χ1n) is 8.56. The lowest BCUT2D eigenvalue weighted by atomic mass is 10.1. The van der Waals surface area contributed by atoms with Gasteiger partial charge in [0.05, 0.1) is 29.6 Å². The predicted molar refractivity (Wildman–Crippen MR) is 104 cm³/mol. The van der Waals surface area contributed by atoms with Gasteiger partial charge in [0.1, 0.15) is 0 Å². The number of amides is 1. The number of fused-ring (bicyclic) bond motifs is 1. The summed E-state index contributed by atoms with van der Waals surface area (Å²) in [6.07, 6.45) is 1.63. The average Bonchev–Trinajstić information content (AvgIpc) is 3.08. The second kappa shape index (κ2) is 7.11. The number of halogens is 2. The van der Waals surface area contributed by atoms with Crippen molar-refractivity contribution in [2.75, 3.05) is 11.1 Å². The molecule has 5 nitrogen and oxygen atoms in total. The molecule has 4 rings (SSSR count). The quantitative estimate of drug-likeness (QED) is 0.523. The first-order valence-corrected chi connectivity index (χ1v) is 8.56. The van der Waals surface area contributed by atoms with Crippen molar-refractivity contribution in [1.82, 2.24) is 9.78 Å².